The minimum Gasteiger partial charge on any atom is -0.497 e. The van der Waals surface area contributed by atoms with Crippen molar-refractivity contribution in [1.29, 1.82) is 0 Å². The summed E-state index contributed by atoms with van der Waals surface area (Å²) >= 11 is 2.96. The number of likely N-dealkylation sites (tertiary alicyclic amines) is 1. The average Bonchev–Trinajstić information content (AvgIpc) is 3.68. The highest BCUT2D eigenvalue weighted by Gasteiger charge is 2.48. The number of nitrogens with zero attached hydrogens (tertiary/aromatic N) is 4. The number of hydrogen-bond donors (Lipinski definition) is 1. The van der Waals surface area contributed by atoms with Crippen molar-refractivity contribution in [2.24, 2.45) is 5.92 Å². The first-order valence-electron chi connectivity index (χ1n) is 11.7. The molecule has 4 aromatic rings. The number of carbonyl (C=O) groups is 2. The summed E-state index contributed by atoms with van der Waals surface area (Å²) in [6.45, 7) is 2.27. The Bertz CT molecular complexity index is 1420. The summed E-state index contributed by atoms with van der Waals surface area (Å²) < 4.78 is 7.20. The van der Waals surface area contributed by atoms with E-state index in [0.717, 1.165) is 40.4 Å². The van der Waals surface area contributed by atoms with Gasteiger partial charge in [-0.15, -0.1) is 22.7 Å². The first kappa shape index (κ1) is 22.2. The van der Waals surface area contributed by atoms with Gasteiger partial charge in [-0.3, -0.25) is 14.0 Å². The number of carbonyl (C=O) groups excluding carboxylic acids is 2. The molecular formula is C25H25N5O3S2. The van der Waals surface area contributed by atoms with E-state index in [-0.39, 0.29) is 23.9 Å². The number of aromatic nitrogens is 3. The van der Waals surface area contributed by atoms with E-state index in [1.54, 1.807) is 12.6 Å². The van der Waals surface area contributed by atoms with Gasteiger partial charge >= 0.3 is 0 Å². The molecule has 8 nitrogen and oxygen atoms in total. The molecule has 4 heterocycles. The lowest BCUT2D eigenvalue weighted by molar-refractivity contribution is 0.0577. The Morgan fingerprint density at radius 1 is 1.26 bits per heavy atom. The third kappa shape index (κ3) is 3.71. The molecule has 1 aliphatic carbocycles. The zero-order valence-corrected chi connectivity index (χ0v) is 21.1. The molecule has 10 heteroatoms. The zero-order valence-electron chi connectivity index (χ0n) is 19.4. The Labute approximate surface area is 210 Å². The molecule has 2 fully saturated rings. The monoisotopic (exact) mass is 507 g/mol. The molecular weight excluding hydrogens is 482 g/mol. The van der Waals surface area contributed by atoms with Crippen LogP contribution in [0.2, 0.25) is 0 Å². The van der Waals surface area contributed by atoms with E-state index in [2.05, 4.69) is 15.3 Å². The molecule has 0 spiro atoms. The van der Waals surface area contributed by atoms with Crippen LogP contribution in [0.5, 0.6) is 5.75 Å². The Morgan fingerprint density at radius 2 is 2.14 bits per heavy atom. The summed E-state index contributed by atoms with van der Waals surface area (Å²) in [5.41, 5.74) is 4.38. The Kier molecular flexibility index (Phi) is 5.57. The van der Waals surface area contributed by atoms with Crippen LogP contribution >= 0.6 is 22.7 Å². The number of thiazole rings is 2. The summed E-state index contributed by atoms with van der Waals surface area (Å²) in [6.07, 6.45) is 4.92. The number of nitrogens with one attached hydrogen (secondary N) is 1. The number of fused-ring (bicyclic) bond motifs is 3. The molecule has 2 aliphatic rings. The third-order valence-electron chi connectivity index (χ3n) is 7.20. The molecule has 1 N–H and O–H groups in total. The van der Waals surface area contributed by atoms with Crippen LogP contribution in [0.1, 0.15) is 45.9 Å². The quantitative estimate of drug-likeness (QED) is 0.421. The second-order valence-electron chi connectivity index (χ2n) is 9.08. The number of aryl methyl sites for hydroxylation is 1. The lowest BCUT2D eigenvalue weighted by Gasteiger charge is -2.35. The van der Waals surface area contributed by atoms with E-state index < -0.39 is 0 Å². The summed E-state index contributed by atoms with van der Waals surface area (Å²) in [5, 5.41) is 5.02. The minimum atomic E-state index is -0.158. The van der Waals surface area contributed by atoms with Gasteiger partial charge in [-0.05, 0) is 49.8 Å². The van der Waals surface area contributed by atoms with Gasteiger partial charge in [-0.25, -0.2) is 9.97 Å². The van der Waals surface area contributed by atoms with Crippen molar-refractivity contribution >= 4 is 39.4 Å². The molecule has 3 atom stereocenters. The summed E-state index contributed by atoms with van der Waals surface area (Å²) in [7, 11) is 1.63. The van der Waals surface area contributed by atoms with Crippen LogP contribution < -0.4 is 10.1 Å². The lowest BCUT2D eigenvalue weighted by atomic mass is 9.98. The molecule has 1 aliphatic heterocycles. The number of piperidine rings is 1. The Morgan fingerprint density at radius 3 is 3.00 bits per heavy atom. The van der Waals surface area contributed by atoms with Crippen LogP contribution in [-0.4, -0.2) is 56.8 Å². The summed E-state index contributed by atoms with van der Waals surface area (Å²) in [4.78, 5) is 39.5. The van der Waals surface area contributed by atoms with E-state index in [1.807, 2.05) is 52.1 Å². The average molecular weight is 508 g/mol. The molecule has 0 radical (unpaired) electrons. The Balaban J connectivity index is 1.24. The molecule has 1 saturated heterocycles. The standard InChI is InChI=1S/C25H25N5O3S2/c1-14-21(29-8-9-34-25(29)28-14)23(31)26-12-19-15-6-7-17(10-15)30(19)24(32)20-22(35-13-27-20)16-4-3-5-18(11-16)33-2/h3-5,8-9,11,13,15,17,19H,6-7,10,12H2,1-2H3,(H,26,31)/t15-,17+,19+/m0/s1. The number of amides is 2. The van der Waals surface area contributed by atoms with Crippen molar-refractivity contribution in [2.45, 2.75) is 38.3 Å². The van der Waals surface area contributed by atoms with Crippen molar-refractivity contribution in [1.82, 2.24) is 24.6 Å². The van der Waals surface area contributed by atoms with E-state index >= 15 is 0 Å². The maximum absolute atomic E-state index is 13.8. The van der Waals surface area contributed by atoms with E-state index in [4.69, 9.17) is 4.74 Å². The van der Waals surface area contributed by atoms with Gasteiger partial charge in [0.1, 0.15) is 17.1 Å². The highest BCUT2D eigenvalue weighted by atomic mass is 32.1. The van der Waals surface area contributed by atoms with Crippen LogP contribution in [-0.2, 0) is 0 Å². The van der Waals surface area contributed by atoms with Gasteiger partial charge < -0.3 is 15.0 Å². The number of imidazole rings is 1. The minimum absolute atomic E-state index is 0.0451. The highest BCUT2D eigenvalue weighted by molar-refractivity contribution is 7.15. The van der Waals surface area contributed by atoms with Crippen molar-refractivity contribution in [2.75, 3.05) is 13.7 Å². The van der Waals surface area contributed by atoms with Crippen LogP contribution in [0.15, 0.2) is 41.4 Å². The largest absolute Gasteiger partial charge is 0.497 e. The fraction of sp³-hybridized carbons (Fsp3) is 0.360. The first-order valence-corrected chi connectivity index (χ1v) is 13.4. The van der Waals surface area contributed by atoms with Crippen molar-refractivity contribution in [3.63, 3.8) is 0 Å². The van der Waals surface area contributed by atoms with Crippen molar-refractivity contribution in [3.8, 4) is 16.2 Å². The third-order valence-corrected chi connectivity index (χ3v) is 8.83. The second kappa shape index (κ2) is 8.76. The van der Waals surface area contributed by atoms with Crippen LogP contribution in [0.4, 0.5) is 0 Å². The molecule has 0 unspecified atom stereocenters. The molecule has 1 saturated carbocycles. The van der Waals surface area contributed by atoms with Crippen molar-refractivity contribution in [3.05, 3.63) is 58.4 Å². The Hall–Kier alpha value is -3.24. The van der Waals surface area contributed by atoms with Crippen molar-refractivity contribution < 1.29 is 14.3 Å². The fourth-order valence-electron chi connectivity index (χ4n) is 5.61. The molecule has 35 heavy (non-hydrogen) atoms. The molecule has 6 rings (SSSR count). The fourth-order valence-corrected chi connectivity index (χ4v) is 7.15. The van der Waals surface area contributed by atoms with Gasteiger partial charge in [0.2, 0.25) is 0 Å². The molecule has 2 amide bonds. The number of ether oxygens (including phenoxy) is 1. The lowest BCUT2D eigenvalue weighted by Crippen LogP contribution is -2.50. The predicted molar refractivity (Wildman–Crippen MR) is 135 cm³/mol. The van der Waals surface area contributed by atoms with Crippen LogP contribution in [0, 0.1) is 12.8 Å². The van der Waals surface area contributed by atoms with Gasteiger partial charge in [0.25, 0.3) is 11.8 Å². The predicted octanol–water partition coefficient (Wildman–Crippen LogP) is 4.26. The number of hydrogen-bond acceptors (Lipinski definition) is 7. The molecule has 1 aromatic carbocycles. The van der Waals surface area contributed by atoms with E-state index in [0.29, 0.717) is 29.5 Å². The topological polar surface area (TPSA) is 88.8 Å². The van der Waals surface area contributed by atoms with Gasteiger partial charge in [-0.2, -0.15) is 0 Å². The van der Waals surface area contributed by atoms with Crippen LogP contribution in [0.25, 0.3) is 15.4 Å². The maximum Gasteiger partial charge on any atom is 0.274 e. The number of methoxy groups -OCH3 is 1. The van der Waals surface area contributed by atoms with Gasteiger partial charge in [0.05, 0.1) is 29.2 Å². The normalized spacial score (nSPS) is 21.1. The number of benzene rings is 1. The highest BCUT2D eigenvalue weighted by Crippen LogP contribution is 2.44. The zero-order chi connectivity index (χ0) is 24.1. The number of rotatable bonds is 6. The summed E-state index contributed by atoms with van der Waals surface area (Å²) in [6, 6.07) is 7.85. The van der Waals surface area contributed by atoms with E-state index in [1.165, 1.54) is 22.7 Å². The molecule has 2 bridgehead atoms. The van der Waals surface area contributed by atoms with Gasteiger partial charge in [-0.1, -0.05) is 12.1 Å². The van der Waals surface area contributed by atoms with Gasteiger partial charge in [0, 0.05) is 24.2 Å². The molecule has 180 valence electrons. The smallest absolute Gasteiger partial charge is 0.274 e. The second-order valence-corrected chi connectivity index (χ2v) is 10.8. The van der Waals surface area contributed by atoms with Crippen LogP contribution in [0.3, 0.4) is 0 Å². The molecule has 3 aromatic heterocycles. The maximum atomic E-state index is 13.8. The first-order chi connectivity index (χ1) is 17.0. The van der Waals surface area contributed by atoms with Gasteiger partial charge in [0.15, 0.2) is 4.96 Å². The summed E-state index contributed by atoms with van der Waals surface area (Å²) in [5.74, 6) is 0.909. The SMILES string of the molecule is COc1cccc(-c2scnc2C(=O)N2[C@@H]3CC[C@@H](C3)[C@H]2CNC(=O)c2c(C)nc3sccn23)c1. The van der Waals surface area contributed by atoms with E-state index in [9.17, 15) is 9.59 Å².